The smallest absolute Gasteiger partial charge is 0.0195 e. The molecule has 9 heteroatoms. The van der Waals surface area contributed by atoms with Crippen molar-refractivity contribution in [3.63, 3.8) is 0 Å². The van der Waals surface area contributed by atoms with Crippen LogP contribution < -0.4 is 49.4 Å². The van der Waals surface area contributed by atoms with Crippen LogP contribution in [-0.2, 0) is 0 Å². The molecule has 1 heterocycles. The van der Waals surface area contributed by atoms with Gasteiger partial charge in [0.1, 0.15) is 0 Å². The van der Waals surface area contributed by atoms with Gasteiger partial charge in [-0.1, -0.05) is 0 Å². The summed E-state index contributed by atoms with van der Waals surface area (Å²) < 4.78 is 7.97. The van der Waals surface area contributed by atoms with Crippen molar-refractivity contribution < 1.29 is 21.7 Å². The molecule has 1 atom stereocenters. The van der Waals surface area contributed by atoms with Crippen LogP contribution in [0.1, 0.15) is 63.1 Å². The van der Waals surface area contributed by atoms with Crippen molar-refractivity contribution in [3.8, 4) is 5.75 Å². The number of halogens is 2. The van der Waals surface area contributed by atoms with Crippen LogP contribution in [0.5, 0.6) is 5.75 Å². The topological polar surface area (TPSA) is 74.7 Å². The van der Waals surface area contributed by atoms with Gasteiger partial charge in [0.15, 0.2) is 6.17 Å². The molecule has 1 aliphatic rings. The monoisotopic (exact) mass is 705 g/mol. The van der Waals surface area contributed by atoms with Crippen LogP contribution in [0, 0.1) is 0 Å². The molecule has 0 saturated carbocycles. The van der Waals surface area contributed by atoms with E-state index in [-0.39, 0.29) is 18.6 Å². The molecule has 6 nitrogen and oxygen atoms in total. The van der Waals surface area contributed by atoms with Gasteiger partial charge in [0.2, 0.25) is 0 Å². The Morgan fingerprint density at radius 3 is 1.62 bits per heavy atom. The zero-order chi connectivity index (χ0) is 33.0. The van der Waals surface area contributed by atoms with Gasteiger partial charge in [-0.05, 0) is 24.3 Å². The van der Waals surface area contributed by atoms with Gasteiger partial charge in [-0.25, -0.2) is 5.32 Å². The first-order chi connectivity index (χ1) is 22.9. The summed E-state index contributed by atoms with van der Waals surface area (Å²) in [4.78, 5) is 4.47. The largest absolute Gasteiger partial charge is 1.00 e. The number of hydrogen-bond acceptors (Lipinski definition) is 3. The predicted molar refractivity (Wildman–Crippen MR) is 202 cm³/mol. The Hall–Kier alpha value is -3.57. The normalized spacial score (nSPS) is 15.1. The zero-order valence-electron chi connectivity index (χ0n) is 28.2. The van der Waals surface area contributed by atoms with Crippen molar-refractivity contribution >= 4 is 45.0 Å². The second-order valence-electron chi connectivity index (χ2n) is 12.6. The molecule has 1 unspecified atom stereocenters. The SMILES string of the molecule is C[N+](C)=C1NC(N)=NC(c2ccc(OCCCCCCCCCCP(Cl)(c3ccccc3)(c3ccccc3)c3ccccc3)cc2)N1.[Cl-]. The minimum atomic E-state index is -3.14. The van der Waals surface area contributed by atoms with Crippen LogP contribution in [0.2, 0.25) is 0 Å². The number of unbranched alkanes of at least 4 members (excludes halogenated alkanes) is 7. The number of aliphatic imine (C=N–C) groups is 1. The number of hydrogen-bond donors (Lipinski definition) is 3. The molecule has 256 valence electrons. The maximum absolute atomic E-state index is 8.19. The minimum absolute atomic E-state index is 0. The maximum Gasteiger partial charge on any atom is -0.0195 e. The van der Waals surface area contributed by atoms with Crippen LogP contribution in [-0.4, -0.2) is 43.4 Å². The van der Waals surface area contributed by atoms with Crippen molar-refractivity contribution in [2.75, 3.05) is 26.9 Å². The molecular formula is C39H50Cl2N5OP. The molecule has 0 bridgehead atoms. The third-order valence-electron chi connectivity index (χ3n) is 9.06. The van der Waals surface area contributed by atoms with E-state index in [1.165, 1.54) is 54.4 Å². The Morgan fingerprint density at radius 1 is 0.688 bits per heavy atom. The van der Waals surface area contributed by atoms with E-state index in [9.17, 15) is 0 Å². The van der Waals surface area contributed by atoms with Crippen molar-refractivity contribution in [1.29, 1.82) is 0 Å². The Morgan fingerprint density at radius 2 is 1.15 bits per heavy atom. The number of nitrogens with one attached hydrogen (secondary N) is 2. The Labute approximate surface area is 298 Å². The number of nitrogens with zero attached hydrogens (tertiary/aromatic N) is 2. The summed E-state index contributed by atoms with van der Waals surface area (Å²) in [7, 11) is 3.91. The molecule has 5 rings (SSSR count). The van der Waals surface area contributed by atoms with E-state index in [4.69, 9.17) is 21.7 Å². The number of nitrogens with two attached hydrogens (primary N) is 1. The van der Waals surface area contributed by atoms with Crippen LogP contribution in [0.15, 0.2) is 120 Å². The fraction of sp³-hybridized carbons (Fsp3) is 0.333. The van der Waals surface area contributed by atoms with E-state index in [1.807, 2.05) is 42.9 Å². The predicted octanol–water partition coefficient (Wildman–Crippen LogP) is 4.01. The summed E-state index contributed by atoms with van der Waals surface area (Å²) in [6.45, 7) is 0.732. The van der Waals surface area contributed by atoms with Gasteiger partial charge in [-0.15, -0.1) is 0 Å². The van der Waals surface area contributed by atoms with Gasteiger partial charge >= 0.3 is 205 Å². The Balaban J connectivity index is 0.00000520. The van der Waals surface area contributed by atoms with E-state index in [0.717, 1.165) is 42.9 Å². The van der Waals surface area contributed by atoms with Gasteiger partial charge in [-0.3, -0.25) is 9.89 Å². The molecule has 0 radical (unpaired) electrons. The molecule has 0 aliphatic carbocycles. The number of guanidine groups is 2. The molecular weight excluding hydrogens is 656 g/mol. The second-order valence-corrected chi connectivity index (χ2v) is 19.2. The molecule has 0 aromatic heterocycles. The first kappa shape index (κ1) is 37.3. The minimum Gasteiger partial charge on any atom is -1.00 e. The van der Waals surface area contributed by atoms with E-state index < -0.39 is 5.96 Å². The summed E-state index contributed by atoms with van der Waals surface area (Å²) in [5.41, 5.74) is 7.01. The maximum atomic E-state index is 8.19. The van der Waals surface area contributed by atoms with E-state index >= 15 is 0 Å². The quantitative estimate of drug-likeness (QED) is 0.0937. The summed E-state index contributed by atoms with van der Waals surface area (Å²) in [6, 6.07) is 40.6. The summed E-state index contributed by atoms with van der Waals surface area (Å²) in [5.74, 6) is -1.03. The molecule has 0 amide bonds. The van der Waals surface area contributed by atoms with Crippen LogP contribution in [0.4, 0.5) is 0 Å². The van der Waals surface area contributed by atoms with Gasteiger partial charge in [0, 0.05) is 5.56 Å². The van der Waals surface area contributed by atoms with Crippen molar-refractivity contribution in [1.82, 2.24) is 10.6 Å². The molecule has 1 aliphatic heterocycles. The van der Waals surface area contributed by atoms with Crippen molar-refractivity contribution in [3.05, 3.63) is 121 Å². The van der Waals surface area contributed by atoms with Crippen LogP contribution >= 0.6 is 17.2 Å². The van der Waals surface area contributed by atoms with Gasteiger partial charge in [-0.2, -0.15) is 4.99 Å². The molecule has 0 fully saturated rings. The van der Waals surface area contributed by atoms with Crippen LogP contribution in [0.25, 0.3) is 0 Å². The zero-order valence-corrected chi connectivity index (χ0v) is 30.6. The number of ether oxygens (including phenoxy) is 1. The third-order valence-corrected chi connectivity index (χ3v) is 16.6. The molecule has 4 aromatic carbocycles. The summed E-state index contributed by atoms with van der Waals surface area (Å²) in [6.07, 6.45) is 10.3. The first-order valence-corrected chi connectivity index (χ1v) is 20.2. The molecule has 48 heavy (non-hydrogen) atoms. The van der Waals surface area contributed by atoms with Gasteiger partial charge < -0.3 is 18.1 Å². The summed E-state index contributed by atoms with van der Waals surface area (Å²) >= 11 is 8.19. The van der Waals surface area contributed by atoms with Crippen LogP contribution in [0.3, 0.4) is 0 Å². The number of rotatable bonds is 16. The first-order valence-electron chi connectivity index (χ1n) is 16.9. The Bertz CT molecular complexity index is 1520. The van der Waals surface area contributed by atoms with E-state index in [0.29, 0.717) is 5.96 Å². The molecule has 0 saturated heterocycles. The third kappa shape index (κ3) is 8.91. The Kier molecular flexibility index (Phi) is 13.8. The van der Waals surface area contributed by atoms with Gasteiger partial charge in [0.05, 0.1) is 14.1 Å². The van der Waals surface area contributed by atoms with E-state index in [1.54, 1.807) is 0 Å². The van der Waals surface area contributed by atoms with Crippen molar-refractivity contribution in [2.24, 2.45) is 10.7 Å². The molecule has 0 spiro atoms. The standard InChI is InChI=1S/C39H49ClN5OP.ClH/c1-45(2)39-43-37(42-38(41)44-39)32-26-28-33(29-27-32)46-30-18-7-5-3-4-6-8-19-31-47(40,34-20-12-9-13-21-34,35-22-14-10-15-23-35)36-24-16-11-17-25-36;/h9-17,20-29,37H,3-8,18-19,30-31H2,1-2H3,(H3,41,42,43,44);1H. The fourth-order valence-corrected chi connectivity index (χ4v) is 12.7. The van der Waals surface area contributed by atoms with E-state index in [2.05, 4.69) is 107 Å². The fourth-order valence-electron chi connectivity index (χ4n) is 6.45. The molecule has 4 N–H and O–H groups in total. The summed E-state index contributed by atoms with van der Waals surface area (Å²) in [5, 5.41) is 10.2. The van der Waals surface area contributed by atoms with Crippen molar-refractivity contribution in [2.45, 2.75) is 57.5 Å². The average molecular weight is 707 g/mol. The number of benzene rings is 4. The average Bonchev–Trinajstić information content (AvgIpc) is 3.11. The van der Waals surface area contributed by atoms with Gasteiger partial charge in [0.25, 0.3) is 5.96 Å². The second kappa shape index (κ2) is 17.7. The molecule has 4 aromatic rings.